The quantitative estimate of drug-likeness (QED) is 0.593. The third-order valence-corrected chi connectivity index (χ3v) is 7.19. The minimum absolute atomic E-state index is 0.0214. The Kier molecular flexibility index (Phi) is 7.50. The zero-order valence-electron chi connectivity index (χ0n) is 21.1. The number of hydrogen-bond acceptors (Lipinski definition) is 6. The van der Waals surface area contributed by atoms with Crippen molar-refractivity contribution in [3.8, 4) is 11.5 Å². The molecule has 0 radical (unpaired) electrons. The van der Waals surface area contributed by atoms with Gasteiger partial charge in [-0.3, -0.25) is 14.5 Å². The molecule has 2 aliphatic heterocycles. The summed E-state index contributed by atoms with van der Waals surface area (Å²) in [5.41, 5.74) is 9.30. The van der Waals surface area contributed by atoms with Gasteiger partial charge >= 0.3 is 0 Å². The van der Waals surface area contributed by atoms with Crippen LogP contribution in [0.3, 0.4) is 0 Å². The molecule has 0 bridgehead atoms. The standard InChI is InChI=1S/C27H36N4O4/c1-18(2)29-12-14-30(15-13-29)23-7-5-6-20-21(23)17-31(27(20)33)22(9-11-26(28)32)19-8-10-24(34-3)25(16-19)35-4/h5-8,10,16,18,22H,9,11-15,17H2,1-4H3,(H2,28,32)/t22-/m1/s1. The largest absolute Gasteiger partial charge is 0.493 e. The smallest absolute Gasteiger partial charge is 0.255 e. The SMILES string of the molecule is COc1ccc([C@@H](CCC(N)=O)N2Cc3c(cccc3N3CCN(C(C)C)CC3)C2=O)cc1OC. The van der Waals surface area contributed by atoms with E-state index in [4.69, 9.17) is 15.2 Å². The van der Waals surface area contributed by atoms with Crippen molar-refractivity contribution in [2.24, 2.45) is 5.73 Å². The molecule has 8 heteroatoms. The van der Waals surface area contributed by atoms with Crippen molar-refractivity contribution < 1.29 is 19.1 Å². The monoisotopic (exact) mass is 480 g/mol. The van der Waals surface area contributed by atoms with Gasteiger partial charge in [0.25, 0.3) is 5.91 Å². The summed E-state index contributed by atoms with van der Waals surface area (Å²) in [5, 5.41) is 0. The molecule has 8 nitrogen and oxygen atoms in total. The number of ether oxygens (including phenoxy) is 2. The first-order valence-electron chi connectivity index (χ1n) is 12.3. The lowest BCUT2D eigenvalue weighted by atomic mass is 9.99. The van der Waals surface area contributed by atoms with Gasteiger partial charge in [0.2, 0.25) is 5.91 Å². The number of piperazine rings is 1. The highest BCUT2D eigenvalue weighted by molar-refractivity contribution is 6.00. The summed E-state index contributed by atoms with van der Waals surface area (Å²) in [4.78, 5) is 32.0. The zero-order chi connectivity index (χ0) is 25.1. The lowest BCUT2D eigenvalue weighted by Gasteiger charge is -2.38. The molecule has 2 heterocycles. The van der Waals surface area contributed by atoms with E-state index in [0.29, 0.717) is 30.5 Å². The number of nitrogens with zero attached hydrogens (tertiary/aromatic N) is 3. The second kappa shape index (κ2) is 10.6. The summed E-state index contributed by atoms with van der Waals surface area (Å²) < 4.78 is 10.9. The molecule has 1 atom stereocenters. The summed E-state index contributed by atoms with van der Waals surface area (Å²) in [6.07, 6.45) is 0.621. The fourth-order valence-electron chi connectivity index (χ4n) is 5.21. The van der Waals surface area contributed by atoms with Crippen molar-refractivity contribution in [3.63, 3.8) is 0 Å². The first kappa shape index (κ1) is 24.9. The predicted molar refractivity (Wildman–Crippen MR) is 136 cm³/mol. The molecule has 0 spiro atoms. The topological polar surface area (TPSA) is 88.3 Å². The number of fused-ring (bicyclic) bond motifs is 1. The van der Waals surface area contributed by atoms with Crippen LogP contribution in [-0.2, 0) is 11.3 Å². The maximum atomic E-state index is 13.6. The van der Waals surface area contributed by atoms with Gasteiger partial charge in [-0.25, -0.2) is 0 Å². The van der Waals surface area contributed by atoms with E-state index in [1.807, 2.05) is 35.2 Å². The van der Waals surface area contributed by atoms with E-state index >= 15 is 0 Å². The summed E-state index contributed by atoms with van der Waals surface area (Å²) in [7, 11) is 3.17. The van der Waals surface area contributed by atoms with Gasteiger partial charge in [0.1, 0.15) is 0 Å². The number of methoxy groups -OCH3 is 2. The molecule has 2 amide bonds. The van der Waals surface area contributed by atoms with Crippen LogP contribution in [0.25, 0.3) is 0 Å². The van der Waals surface area contributed by atoms with E-state index in [2.05, 4.69) is 29.7 Å². The first-order valence-corrected chi connectivity index (χ1v) is 12.3. The average Bonchev–Trinajstić information content (AvgIpc) is 3.20. The molecule has 0 aromatic heterocycles. The van der Waals surface area contributed by atoms with E-state index in [9.17, 15) is 9.59 Å². The molecule has 35 heavy (non-hydrogen) atoms. The van der Waals surface area contributed by atoms with Crippen LogP contribution in [0.15, 0.2) is 36.4 Å². The number of primary amides is 1. The maximum Gasteiger partial charge on any atom is 0.255 e. The second-order valence-electron chi connectivity index (χ2n) is 9.49. The lowest BCUT2D eigenvalue weighted by molar-refractivity contribution is -0.118. The van der Waals surface area contributed by atoms with Gasteiger partial charge in [0.05, 0.1) is 20.3 Å². The van der Waals surface area contributed by atoms with Crippen molar-refractivity contribution in [3.05, 3.63) is 53.1 Å². The fraction of sp³-hybridized carbons (Fsp3) is 0.481. The first-order chi connectivity index (χ1) is 16.8. The summed E-state index contributed by atoms with van der Waals surface area (Å²) in [5.74, 6) is 0.793. The zero-order valence-corrected chi connectivity index (χ0v) is 21.1. The Morgan fingerprint density at radius 2 is 1.74 bits per heavy atom. The molecule has 2 aromatic rings. The number of carbonyl (C=O) groups is 2. The van der Waals surface area contributed by atoms with Crippen LogP contribution >= 0.6 is 0 Å². The molecular weight excluding hydrogens is 444 g/mol. The van der Waals surface area contributed by atoms with Gasteiger partial charge < -0.3 is 25.0 Å². The Balaban J connectivity index is 1.64. The minimum Gasteiger partial charge on any atom is -0.493 e. The Morgan fingerprint density at radius 3 is 2.37 bits per heavy atom. The molecule has 2 N–H and O–H groups in total. The predicted octanol–water partition coefficient (Wildman–Crippen LogP) is 3.20. The molecule has 1 saturated heterocycles. The number of carbonyl (C=O) groups excluding carboxylic acids is 2. The van der Waals surface area contributed by atoms with Gasteiger partial charge in [-0.05, 0) is 50.1 Å². The normalized spacial score (nSPS) is 17.0. The molecule has 188 valence electrons. The van der Waals surface area contributed by atoms with Crippen molar-refractivity contribution >= 4 is 17.5 Å². The highest BCUT2D eigenvalue weighted by Crippen LogP contribution is 2.40. The van der Waals surface area contributed by atoms with Crippen molar-refractivity contribution in [1.82, 2.24) is 9.80 Å². The second-order valence-corrected chi connectivity index (χ2v) is 9.49. The Hall–Kier alpha value is -3.26. The van der Waals surface area contributed by atoms with Crippen LogP contribution in [0.4, 0.5) is 5.69 Å². The Bertz CT molecular complexity index is 1080. The molecular formula is C27H36N4O4. The summed E-state index contributed by atoms with van der Waals surface area (Å²) >= 11 is 0. The minimum atomic E-state index is -0.386. The Labute approximate surface area is 207 Å². The van der Waals surface area contributed by atoms with Gasteiger partial charge in [0, 0.05) is 62.0 Å². The van der Waals surface area contributed by atoms with Crippen LogP contribution in [0, 0.1) is 0 Å². The third-order valence-electron chi connectivity index (χ3n) is 7.19. The van der Waals surface area contributed by atoms with Crippen LogP contribution in [0.1, 0.15) is 54.2 Å². The van der Waals surface area contributed by atoms with E-state index in [1.165, 1.54) is 0 Å². The van der Waals surface area contributed by atoms with Crippen LogP contribution < -0.4 is 20.1 Å². The van der Waals surface area contributed by atoms with E-state index in [-0.39, 0.29) is 24.3 Å². The van der Waals surface area contributed by atoms with Gasteiger partial charge in [-0.15, -0.1) is 0 Å². The van der Waals surface area contributed by atoms with Crippen molar-refractivity contribution in [1.29, 1.82) is 0 Å². The third kappa shape index (κ3) is 5.07. The number of hydrogen-bond donors (Lipinski definition) is 1. The average molecular weight is 481 g/mol. The van der Waals surface area contributed by atoms with E-state index in [0.717, 1.165) is 48.6 Å². The van der Waals surface area contributed by atoms with Crippen LogP contribution in [0.2, 0.25) is 0 Å². The van der Waals surface area contributed by atoms with Gasteiger partial charge in [-0.1, -0.05) is 12.1 Å². The molecule has 2 aliphatic rings. The number of benzene rings is 2. The highest BCUT2D eigenvalue weighted by atomic mass is 16.5. The molecule has 1 fully saturated rings. The molecule has 4 rings (SSSR count). The lowest BCUT2D eigenvalue weighted by Crippen LogP contribution is -2.49. The summed E-state index contributed by atoms with van der Waals surface area (Å²) in [6.45, 7) is 8.83. The molecule has 0 saturated carbocycles. The van der Waals surface area contributed by atoms with E-state index < -0.39 is 0 Å². The van der Waals surface area contributed by atoms with Gasteiger partial charge in [0.15, 0.2) is 11.5 Å². The van der Waals surface area contributed by atoms with Crippen molar-refractivity contribution in [2.45, 2.75) is 45.3 Å². The number of nitrogens with two attached hydrogens (primary N) is 1. The van der Waals surface area contributed by atoms with Crippen LogP contribution in [-0.4, -0.2) is 68.1 Å². The maximum absolute atomic E-state index is 13.6. The van der Waals surface area contributed by atoms with Crippen LogP contribution in [0.5, 0.6) is 11.5 Å². The molecule has 2 aromatic carbocycles. The number of rotatable bonds is 9. The summed E-state index contributed by atoms with van der Waals surface area (Å²) in [6, 6.07) is 11.9. The number of anilines is 1. The van der Waals surface area contributed by atoms with Gasteiger partial charge in [-0.2, -0.15) is 0 Å². The number of amides is 2. The molecule has 0 aliphatic carbocycles. The van der Waals surface area contributed by atoms with E-state index in [1.54, 1.807) is 14.2 Å². The Morgan fingerprint density at radius 1 is 1.03 bits per heavy atom. The molecule has 0 unspecified atom stereocenters. The highest BCUT2D eigenvalue weighted by Gasteiger charge is 2.36. The fourth-order valence-corrected chi connectivity index (χ4v) is 5.21. The van der Waals surface area contributed by atoms with Crippen molar-refractivity contribution in [2.75, 3.05) is 45.3 Å².